The number of nitrogens with zero attached hydrogens (tertiary/aromatic N) is 1. The number of carbonyl (C=O) groups excluding carboxylic acids is 3. The van der Waals surface area contributed by atoms with Gasteiger partial charge in [-0.15, -0.1) is 0 Å². The lowest BCUT2D eigenvalue weighted by molar-refractivity contribution is -0.145. The van der Waals surface area contributed by atoms with Gasteiger partial charge in [-0.3, -0.25) is 14.4 Å². The highest BCUT2D eigenvalue weighted by Crippen LogP contribution is 2.23. The Morgan fingerprint density at radius 3 is 1.05 bits per heavy atom. The van der Waals surface area contributed by atoms with Gasteiger partial charge < -0.3 is 19.7 Å². The molecule has 0 radical (unpaired) electrons. The third-order valence-corrected chi connectivity index (χ3v) is 12.1. The Kier molecular flexibility index (Phi) is 42.2. The minimum Gasteiger partial charge on any atom is -0.466 e. The molecule has 0 aliphatic heterocycles. The molecule has 0 aromatic rings. The number of hydrogen-bond acceptors (Lipinski definition) is 6. The molecule has 0 aliphatic carbocycles. The van der Waals surface area contributed by atoms with Gasteiger partial charge in [0, 0.05) is 18.9 Å². The monoisotopic (exact) mass is 821 g/mol. The highest BCUT2D eigenvalue weighted by atomic mass is 16.5. The Labute approximate surface area is 361 Å². The fraction of sp³-hybridized carbons (Fsp3) is 0.941. The number of carbonyl (C=O) groups is 3. The minimum absolute atomic E-state index is 0.0121. The molecule has 0 spiro atoms. The maximum atomic E-state index is 12.6. The van der Waals surface area contributed by atoms with Crippen molar-refractivity contribution >= 4 is 17.8 Å². The van der Waals surface area contributed by atoms with Crippen LogP contribution in [-0.2, 0) is 23.9 Å². The molecule has 0 saturated heterocycles. The summed E-state index contributed by atoms with van der Waals surface area (Å²) in [5.41, 5.74) is 0. The van der Waals surface area contributed by atoms with E-state index in [9.17, 15) is 14.4 Å². The van der Waals surface area contributed by atoms with E-state index in [2.05, 4.69) is 33.0 Å². The molecule has 0 unspecified atom stereocenters. The molecule has 344 valence electrons. The average molecular weight is 821 g/mol. The molecule has 7 heteroatoms. The van der Waals surface area contributed by atoms with E-state index in [4.69, 9.17) is 9.47 Å². The van der Waals surface area contributed by atoms with Gasteiger partial charge in [-0.25, -0.2) is 0 Å². The van der Waals surface area contributed by atoms with Crippen LogP contribution in [0.1, 0.15) is 259 Å². The minimum atomic E-state index is -0.0121. The van der Waals surface area contributed by atoms with Crippen LogP contribution in [0.4, 0.5) is 0 Å². The summed E-state index contributed by atoms with van der Waals surface area (Å²) in [7, 11) is 3.89. The van der Waals surface area contributed by atoms with Crippen LogP contribution in [0.15, 0.2) is 0 Å². The lowest BCUT2D eigenvalue weighted by Crippen LogP contribution is -2.40. The van der Waals surface area contributed by atoms with Crippen molar-refractivity contribution in [2.75, 3.05) is 33.9 Å². The van der Waals surface area contributed by atoms with Crippen LogP contribution in [0.5, 0.6) is 0 Å². The van der Waals surface area contributed by atoms with Crippen molar-refractivity contribution in [3.05, 3.63) is 0 Å². The molecule has 0 rings (SSSR count). The molecule has 0 aromatic carbocycles. The molecule has 1 N–H and O–H groups in total. The first-order chi connectivity index (χ1) is 28.2. The van der Waals surface area contributed by atoms with Crippen LogP contribution < -0.4 is 5.32 Å². The van der Waals surface area contributed by atoms with Gasteiger partial charge in [0.05, 0.1) is 19.8 Å². The number of ether oxygens (including phenoxy) is 2. The van der Waals surface area contributed by atoms with Crippen LogP contribution in [0, 0.1) is 11.8 Å². The number of amides is 1. The van der Waals surface area contributed by atoms with Crippen molar-refractivity contribution in [2.24, 2.45) is 11.8 Å². The third-order valence-electron chi connectivity index (χ3n) is 12.1. The normalized spacial score (nSPS) is 11.7. The van der Waals surface area contributed by atoms with Gasteiger partial charge in [-0.05, 0) is 64.5 Å². The second kappa shape index (κ2) is 43.5. The average Bonchev–Trinajstić information content (AvgIpc) is 3.19. The molecule has 1 amide bonds. The Bertz CT molecular complexity index is 831. The zero-order chi connectivity index (χ0) is 42.7. The summed E-state index contributed by atoms with van der Waals surface area (Å²) in [5.74, 6) is 1.52. The summed E-state index contributed by atoms with van der Waals surface area (Å²) in [5, 5.41) is 3.32. The number of esters is 2. The molecule has 0 aromatic heterocycles. The van der Waals surface area contributed by atoms with Gasteiger partial charge in [0.1, 0.15) is 0 Å². The first kappa shape index (κ1) is 56.4. The molecule has 0 fully saturated rings. The summed E-state index contributed by atoms with van der Waals surface area (Å²) in [6.07, 6.45) is 41.9. The van der Waals surface area contributed by atoms with E-state index in [0.29, 0.717) is 44.4 Å². The molecule has 7 nitrogen and oxygen atoms in total. The molecule has 58 heavy (non-hydrogen) atoms. The van der Waals surface area contributed by atoms with E-state index in [-0.39, 0.29) is 23.9 Å². The van der Waals surface area contributed by atoms with Gasteiger partial charge in [0.25, 0.3) is 0 Å². The SMILES string of the molecule is CCCCCC(CCCCC)CCOC(=O)CCCCCCCCCC(CCCCCCCCCC(=O)OCCC(CCCCC)CCCCC)NC(=O)CN(C)C. The highest BCUT2D eigenvalue weighted by molar-refractivity contribution is 5.78. The van der Waals surface area contributed by atoms with Crippen LogP contribution in [0.25, 0.3) is 0 Å². The molecule has 0 saturated carbocycles. The van der Waals surface area contributed by atoms with E-state index < -0.39 is 0 Å². The number of unbranched alkanes of at least 4 members (excludes halogenated alkanes) is 20. The zero-order valence-corrected chi connectivity index (χ0v) is 39.8. The van der Waals surface area contributed by atoms with Gasteiger partial charge in [-0.2, -0.15) is 0 Å². The van der Waals surface area contributed by atoms with E-state index in [1.165, 1.54) is 154 Å². The largest absolute Gasteiger partial charge is 0.466 e. The summed E-state index contributed by atoms with van der Waals surface area (Å²) in [6.45, 7) is 10.7. The van der Waals surface area contributed by atoms with E-state index in [0.717, 1.165) is 64.2 Å². The smallest absolute Gasteiger partial charge is 0.305 e. The number of rotatable bonds is 45. The molecule has 0 atom stereocenters. The van der Waals surface area contributed by atoms with Crippen molar-refractivity contribution in [1.29, 1.82) is 0 Å². The first-order valence-electron chi connectivity index (χ1n) is 25.5. The molecule has 0 bridgehead atoms. The molecule has 0 aliphatic rings. The van der Waals surface area contributed by atoms with Crippen molar-refractivity contribution in [2.45, 2.75) is 265 Å². The number of nitrogens with one attached hydrogen (secondary N) is 1. The zero-order valence-electron chi connectivity index (χ0n) is 39.8. The van der Waals surface area contributed by atoms with Crippen molar-refractivity contribution in [3.63, 3.8) is 0 Å². The second-order valence-corrected chi connectivity index (χ2v) is 18.3. The van der Waals surface area contributed by atoms with Crippen LogP contribution >= 0.6 is 0 Å². The number of likely N-dealkylation sites (N-methyl/N-ethyl adjacent to an activating group) is 1. The Balaban J connectivity index is 4.11. The third kappa shape index (κ3) is 39.8. The van der Waals surface area contributed by atoms with E-state index >= 15 is 0 Å². The second-order valence-electron chi connectivity index (χ2n) is 18.3. The maximum Gasteiger partial charge on any atom is 0.305 e. The van der Waals surface area contributed by atoms with Crippen LogP contribution in [0.2, 0.25) is 0 Å². The quantitative estimate of drug-likeness (QED) is 0.0486. The summed E-state index contributed by atoms with van der Waals surface area (Å²) in [4.78, 5) is 39.2. The number of hydrogen-bond donors (Lipinski definition) is 1. The summed E-state index contributed by atoms with van der Waals surface area (Å²) < 4.78 is 11.3. The van der Waals surface area contributed by atoms with Gasteiger partial charge in [0.15, 0.2) is 0 Å². The fourth-order valence-electron chi connectivity index (χ4n) is 8.36. The molecular weight excluding hydrogens is 721 g/mol. The van der Waals surface area contributed by atoms with Gasteiger partial charge in [-0.1, -0.05) is 207 Å². The predicted octanol–water partition coefficient (Wildman–Crippen LogP) is 14.5. The van der Waals surface area contributed by atoms with Gasteiger partial charge >= 0.3 is 11.9 Å². The van der Waals surface area contributed by atoms with Crippen molar-refractivity contribution in [1.82, 2.24) is 10.2 Å². The van der Waals surface area contributed by atoms with E-state index in [1.807, 2.05) is 19.0 Å². The molecular formula is C51H100N2O5. The van der Waals surface area contributed by atoms with Crippen molar-refractivity contribution in [3.8, 4) is 0 Å². The first-order valence-corrected chi connectivity index (χ1v) is 25.5. The van der Waals surface area contributed by atoms with E-state index in [1.54, 1.807) is 0 Å². The molecule has 0 heterocycles. The summed E-state index contributed by atoms with van der Waals surface area (Å²) >= 11 is 0. The fourth-order valence-corrected chi connectivity index (χ4v) is 8.36. The Morgan fingerprint density at radius 1 is 0.414 bits per heavy atom. The standard InChI is InChI=1S/C51H100N2O5/c1-7-11-25-33-46(34-26-12-8-2)41-43-57-50(55)39-31-23-19-15-17-21-29-37-48(52-49(54)45-53(5)6)38-30-22-18-16-20-24-32-40-51(56)58-44-42-47(35-27-13-9-3)36-28-14-10-4/h46-48H,7-45H2,1-6H3,(H,52,54). The van der Waals surface area contributed by atoms with Crippen molar-refractivity contribution < 1.29 is 23.9 Å². The lowest BCUT2D eigenvalue weighted by atomic mass is 9.92. The van der Waals surface area contributed by atoms with Crippen LogP contribution in [-0.4, -0.2) is 62.6 Å². The Hall–Kier alpha value is -1.63. The van der Waals surface area contributed by atoms with Crippen LogP contribution in [0.3, 0.4) is 0 Å². The lowest BCUT2D eigenvalue weighted by Gasteiger charge is -2.20. The van der Waals surface area contributed by atoms with Gasteiger partial charge in [0.2, 0.25) is 5.91 Å². The maximum absolute atomic E-state index is 12.6. The summed E-state index contributed by atoms with van der Waals surface area (Å²) in [6, 6.07) is 0.260. The topological polar surface area (TPSA) is 84.9 Å². The predicted molar refractivity (Wildman–Crippen MR) is 248 cm³/mol. The Morgan fingerprint density at radius 2 is 0.724 bits per heavy atom. The highest BCUT2D eigenvalue weighted by Gasteiger charge is 2.14.